The van der Waals surface area contributed by atoms with E-state index in [1.54, 1.807) is 12.1 Å². The van der Waals surface area contributed by atoms with Crippen LogP contribution < -0.4 is 5.73 Å². The lowest BCUT2D eigenvalue weighted by atomic mass is 9.80. The zero-order valence-corrected chi connectivity index (χ0v) is 10.5. The lowest BCUT2D eigenvalue weighted by molar-refractivity contribution is 0.314. The molecule has 0 saturated heterocycles. The van der Waals surface area contributed by atoms with Crippen molar-refractivity contribution in [3.05, 3.63) is 29.8 Å². The second-order valence-corrected chi connectivity index (χ2v) is 5.47. The Morgan fingerprint density at radius 1 is 0.941 bits per heavy atom. The Balaban J connectivity index is 2.01. The zero-order chi connectivity index (χ0) is 12.1. The van der Waals surface area contributed by atoms with E-state index in [4.69, 9.17) is 5.73 Å². The molecule has 0 aliphatic heterocycles. The smallest absolute Gasteiger partial charge is 0.115 e. The van der Waals surface area contributed by atoms with Crippen molar-refractivity contribution < 1.29 is 5.11 Å². The number of phenolic OH excluding ortho intramolecular Hbond substituents is 1. The molecule has 1 aliphatic carbocycles. The van der Waals surface area contributed by atoms with Crippen molar-refractivity contribution in [2.45, 2.75) is 56.9 Å². The largest absolute Gasteiger partial charge is 0.508 e. The zero-order valence-electron chi connectivity index (χ0n) is 10.5. The van der Waals surface area contributed by atoms with Gasteiger partial charge in [-0.15, -0.1) is 0 Å². The van der Waals surface area contributed by atoms with Gasteiger partial charge in [0, 0.05) is 5.54 Å². The summed E-state index contributed by atoms with van der Waals surface area (Å²) in [6, 6.07) is 7.48. The molecule has 0 unspecified atom stereocenters. The molecular weight excluding hydrogens is 210 g/mol. The van der Waals surface area contributed by atoms with Crippen LogP contribution >= 0.6 is 0 Å². The van der Waals surface area contributed by atoms with Crippen LogP contribution in [0.5, 0.6) is 5.75 Å². The van der Waals surface area contributed by atoms with Crippen LogP contribution in [0.1, 0.15) is 50.5 Å². The Morgan fingerprint density at radius 2 is 1.47 bits per heavy atom. The number of hydrogen-bond acceptors (Lipinski definition) is 2. The Kier molecular flexibility index (Phi) is 4.06. The second kappa shape index (κ2) is 5.54. The van der Waals surface area contributed by atoms with Crippen molar-refractivity contribution in [1.82, 2.24) is 0 Å². The summed E-state index contributed by atoms with van der Waals surface area (Å²) in [7, 11) is 0. The van der Waals surface area contributed by atoms with Gasteiger partial charge in [0.1, 0.15) is 5.75 Å². The van der Waals surface area contributed by atoms with Gasteiger partial charge in [-0.2, -0.15) is 0 Å². The van der Waals surface area contributed by atoms with E-state index in [0.29, 0.717) is 5.75 Å². The molecule has 0 amide bonds. The van der Waals surface area contributed by atoms with Gasteiger partial charge in [-0.25, -0.2) is 0 Å². The maximum atomic E-state index is 9.28. The monoisotopic (exact) mass is 233 g/mol. The van der Waals surface area contributed by atoms with Crippen LogP contribution in [0.15, 0.2) is 24.3 Å². The molecule has 1 aromatic carbocycles. The first-order chi connectivity index (χ1) is 8.18. The highest BCUT2D eigenvalue weighted by molar-refractivity contribution is 5.27. The summed E-state index contributed by atoms with van der Waals surface area (Å²) >= 11 is 0. The number of phenols is 1. The van der Waals surface area contributed by atoms with E-state index >= 15 is 0 Å². The first-order valence-corrected chi connectivity index (χ1v) is 6.75. The minimum atomic E-state index is -0.0304. The number of hydrogen-bond donors (Lipinski definition) is 2. The molecule has 1 aliphatic rings. The molecule has 2 heteroatoms. The molecule has 1 fully saturated rings. The van der Waals surface area contributed by atoms with Crippen LogP contribution in [0, 0.1) is 0 Å². The Bertz CT molecular complexity index is 336. The average Bonchev–Trinajstić information content (AvgIpc) is 2.28. The average molecular weight is 233 g/mol. The third-order valence-electron chi connectivity index (χ3n) is 3.84. The van der Waals surface area contributed by atoms with E-state index in [1.807, 2.05) is 12.1 Å². The minimum absolute atomic E-state index is 0.0304. The van der Waals surface area contributed by atoms with E-state index < -0.39 is 0 Å². The Morgan fingerprint density at radius 3 is 2.06 bits per heavy atom. The minimum Gasteiger partial charge on any atom is -0.508 e. The standard InChI is InChI=1S/C15H23NO/c16-15(10-4-2-1-3-5-11-15)12-13-6-8-14(17)9-7-13/h6-9,17H,1-5,10-12,16H2. The predicted molar refractivity (Wildman–Crippen MR) is 71.0 cm³/mol. The van der Waals surface area contributed by atoms with Gasteiger partial charge in [-0.1, -0.05) is 44.2 Å². The highest BCUT2D eigenvalue weighted by Gasteiger charge is 2.25. The third-order valence-corrected chi connectivity index (χ3v) is 3.84. The topological polar surface area (TPSA) is 46.2 Å². The number of nitrogens with two attached hydrogens (primary N) is 1. The predicted octanol–water partition coefficient (Wildman–Crippen LogP) is 3.38. The first-order valence-electron chi connectivity index (χ1n) is 6.75. The Labute approximate surface area is 104 Å². The molecule has 2 rings (SSSR count). The molecule has 1 saturated carbocycles. The first kappa shape index (κ1) is 12.4. The van der Waals surface area contributed by atoms with E-state index in [9.17, 15) is 5.11 Å². The van der Waals surface area contributed by atoms with Crippen molar-refractivity contribution in [2.24, 2.45) is 5.73 Å². The fourth-order valence-corrected chi connectivity index (χ4v) is 2.81. The van der Waals surface area contributed by atoms with E-state index in [2.05, 4.69) is 0 Å². The maximum Gasteiger partial charge on any atom is 0.115 e. The summed E-state index contributed by atoms with van der Waals surface area (Å²) in [6.07, 6.45) is 9.75. The molecule has 0 spiro atoms. The normalized spacial score (nSPS) is 20.5. The number of rotatable bonds is 2. The molecule has 2 nitrogen and oxygen atoms in total. The summed E-state index contributed by atoms with van der Waals surface area (Å²) in [5, 5.41) is 9.28. The molecule has 0 bridgehead atoms. The number of benzene rings is 1. The van der Waals surface area contributed by atoms with Crippen LogP contribution in [-0.4, -0.2) is 10.6 Å². The summed E-state index contributed by atoms with van der Waals surface area (Å²) in [4.78, 5) is 0. The lowest BCUT2D eigenvalue weighted by Gasteiger charge is -2.31. The Hall–Kier alpha value is -1.02. The molecule has 0 radical (unpaired) electrons. The molecule has 0 heterocycles. The molecule has 17 heavy (non-hydrogen) atoms. The van der Waals surface area contributed by atoms with Crippen molar-refractivity contribution in [1.29, 1.82) is 0 Å². The van der Waals surface area contributed by atoms with Gasteiger partial charge in [0.05, 0.1) is 0 Å². The highest BCUT2D eigenvalue weighted by atomic mass is 16.3. The summed E-state index contributed by atoms with van der Waals surface area (Å²) < 4.78 is 0. The van der Waals surface area contributed by atoms with Crippen molar-refractivity contribution in [3.8, 4) is 5.75 Å². The van der Waals surface area contributed by atoms with Gasteiger partial charge in [0.15, 0.2) is 0 Å². The van der Waals surface area contributed by atoms with Crippen LogP contribution in [0.2, 0.25) is 0 Å². The van der Waals surface area contributed by atoms with E-state index in [0.717, 1.165) is 19.3 Å². The maximum absolute atomic E-state index is 9.28. The molecule has 0 atom stereocenters. The van der Waals surface area contributed by atoms with E-state index in [-0.39, 0.29) is 5.54 Å². The summed E-state index contributed by atoms with van der Waals surface area (Å²) in [5.74, 6) is 0.331. The fourth-order valence-electron chi connectivity index (χ4n) is 2.81. The molecular formula is C15H23NO. The van der Waals surface area contributed by atoms with E-state index in [1.165, 1.54) is 37.7 Å². The molecule has 94 valence electrons. The van der Waals surface area contributed by atoms with Gasteiger partial charge >= 0.3 is 0 Å². The van der Waals surface area contributed by atoms with Gasteiger partial charge in [0.25, 0.3) is 0 Å². The van der Waals surface area contributed by atoms with Gasteiger partial charge in [0.2, 0.25) is 0 Å². The highest BCUT2D eigenvalue weighted by Crippen LogP contribution is 2.27. The fraction of sp³-hybridized carbons (Fsp3) is 0.600. The lowest BCUT2D eigenvalue weighted by Crippen LogP contribution is -2.42. The SMILES string of the molecule is NC1(Cc2ccc(O)cc2)CCCCCCC1. The van der Waals surface area contributed by atoms with Gasteiger partial charge in [-0.3, -0.25) is 0 Å². The van der Waals surface area contributed by atoms with Gasteiger partial charge in [-0.05, 0) is 37.0 Å². The number of aromatic hydroxyl groups is 1. The van der Waals surface area contributed by atoms with Crippen molar-refractivity contribution in [3.63, 3.8) is 0 Å². The van der Waals surface area contributed by atoms with Crippen LogP contribution in [0.25, 0.3) is 0 Å². The molecule has 0 aromatic heterocycles. The van der Waals surface area contributed by atoms with Crippen molar-refractivity contribution in [2.75, 3.05) is 0 Å². The van der Waals surface area contributed by atoms with Crippen molar-refractivity contribution >= 4 is 0 Å². The molecule has 3 N–H and O–H groups in total. The summed E-state index contributed by atoms with van der Waals surface area (Å²) in [6.45, 7) is 0. The van der Waals surface area contributed by atoms with Crippen LogP contribution in [-0.2, 0) is 6.42 Å². The second-order valence-electron chi connectivity index (χ2n) is 5.47. The molecule has 1 aromatic rings. The third kappa shape index (κ3) is 3.74. The van der Waals surface area contributed by atoms with Crippen LogP contribution in [0.3, 0.4) is 0 Å². The van der Waals surface area contributed by atoms with Gasteiger partial charge < -0.3 is 10.8 Å². The van der Waals surface area contributed by atoms with Crippen LogP contribution in [0.4, 0.5) is 0 Å². The quantitative estimate of drug-likeness (QED) is 0.822. The summed E-state index contributed by atoms with van der Waals surface area (Å²) in [5.41, 5.74) is 7.75.